The van der Waals surface area contributed by atoms with Crippen LogP contribution in [0.15, 0.2) is 109 Å². The monoisotopic (exact) mass is 753 g/mol. The van der Waals surface area contributed by atoms with Crippen molar-refractivity contribution >= 4 is 178 Å². The van der Waals surface area contributed by atoms with Gasteiger partial charge in [-0.05, 0) is 50.2 Å². The van der Waals surface area contributed by atoms with Crippen molar-refractivity contribution in [3.05, 3.63) is 109 Å². The molecular formula is C45H18B11N3S. The molecule has 22 radical (unpaired) electrons. The van der Waals surface area contributed by atoms with Crippen LogP contribution >= 0.6 is 11.3 Å². The van der Waals surface area contributed by atoms with Gasteiger partial charge in [0.1, 0.15) is 86.3 Å². The molecule has 0 amide bonds. The Kier molecular flexibility index (Phi) is 10.3. The van der Waals surface area contributed by atoms with Crippen LogP contribution in [-0.2, 0) is 0 Å². The van der Waals surface area contributed by atoms with E-state index in [1.807, 2.05) is 72.8 Å². The van der Waals surface area contributed by atoms with E-state index >= 15 is 0 Å². The summed E-state index contributed by atoms with van der Waals surface area (Å²) in [5.74, 6) is 1.01. The van der Waals surface area contributed by atoms with Crippen LogP contribution in [-0.4, -0.2) is 101 Å². The van der Waals surface area contributed by atoms with E-state index in [-0.39, 0.29) is 71.5 Å². The third kappa shape index (κ3) is 6.48. The predicted molar refractivity (Wildman–Crippen MR) is 265 cm³/mol. The highest BCUT2D eigenvalue weighted by molar-refractivity contribution is 7.28. The number of benzene rings is 7. The van der Waals surface area contributed by atoms with Crippen LogP contribution in [0.5, 0.6) is 0 Å². The molecule has 0 spiro atoms. The molecule has 2 aromatic heterocycles. The zero-order valence-corrected chi connectivity index (χ0v) is 32.8. The number of nitrogens with zero attached hydrogens (tertiary/aromatic N) is 3. The maximum Gasteiger partial charge on any atom is 0.164 e. The molecule has 0 fully saturated rings. The Morgan fingerprint density at radius 2 is 0.667 bits per heavy atom. The second-order valence-electron chi connectivity index (χ2n) is 14.4. The van der Waals surface area contributed by atoms with E-state index in [0.717, 1.165) is 33.4 Å². The topological polar surface area (TPSA) is 38.7 Å². The molecular weight excluding hydrogens is 734 g/mol. The van der Waals surface area contributed by atoms with E-state index in [0.29, 0.717) is 42.9 Å². The second kappa shape index (κ2) is 15.5. The first-order valence-electron chi connectivity index (χ1n) is 18.6. The Morgan fingerprint density at radius 1 is 0.283 bits per heavy atom. The number of rotatable bonds is 6. The minimum atomic E-state index is 0.0399. The number of hydrogen-bond acceptors (Lipinski definition) is 4. The van der Waals surface area contributed by atoms with Gasteiger partial charge in [0.15, 0.2) is 17.5 Å². The molecule has 0 saturated carbocycles. The van der Waals surface area contributed by atoms with Crippen molar-refractivity contribution in [2.45, 2.75) is 0 Å². The lowest BCUT2D eigenvalue weighted by molar-refractivity contribution is 1.08. The fourth-order valence-electron chi connectivity index (χ4n) is 7.64. The lowest BCUT2D eigenvalue weighted by Gasteiger charge is -2.25. The van der Waals surface area contributed by atoms with Crippen LogP contribution in [0.3, 0.4) is 0 Å². The summed E-state index contributed by atoms with van der Waals surface area (Å²) in [6, 6.07) is 36.2. The van der Waals surface area contributed by atoms with Gasteiger partial charge in [-0.25, -0.2) is 15.0 Å². The third-order valence-corrected chi connectivity index (χ3v) is 12.1. The van der Waals surface area contributed by atoms with Gasteiger partial charge >= 0.3 is 0 Å². The van der Waals surface area contributed by atoms with Crippen molar-refractivity contribution in [3.8, 4) is 67.5 Å². The van der Waals surface area contributed by atoms with Crippen molar-refractivity contribution in [3.63, 3.8) is 0 Å². The molecule has 0 aliphatic carbocycles. The molecule has 0 atom stereocenters. The molecule has 0 bridgehead atoms. The van der Waals surface area contributed by atoms with E-state index in [4.69, 9.17) is 101 Å². The normalized spacial score (nSPS) is 11.4. The van der Waals surface area contributed by atoms with Gasteiger partial charge in [-0.2, -0.15) is 0 Å². The summed E-state index contributed by atoms with van der Waals surface area (Å²) in [7, 11) is 72.8. The molecule has 0 aliphatic heterocycles. The minimum absolute atomic E-state index is 0.0399. The number of hydrogen-bond donors (Lipinski definition) is 0. The molecule has 15 heteroatoms. The molecule has 9 aromatic rings. The van der Waals surface area contributed by atoms with Gasteiger partial charge in [-0.3, -0.25) is 0 Å². The van der Waals surface area contributed by atoms with Crippen molar-refractivity contribution in [1.82, 2.24) is 15.0 Å². The predicted octanol–water partition coefficient (Wildman–Crippen LogP) is -1.03. The van der Waals surface area contributed by atoms with Crippen LogP contribution < -0.4 is 60.1 Å². The number of fused-ring (bicyclic) bond motifs is 3. The van der Waals surface area contributed by atoms with Gasteiger partial charge < -0.3 is 0 Å². The van der Waals surface area contributed by atoms with E-state index in [1.54, 1.807) is 0 Å². The Labute approximate surface area is 367 Å². The summed E-state index contributed by atoms with van der Waals surface area (Å²) in [5, 5.41) is 0.903. The number of thiophene rings is 1. The Hall–Kier alpha value is -5.52. The van der Waals surface area contributed by atoms with Crippen molar-refractivity contribution in [1.29, 1.82) is 0 Å². The van der Waals surface area contributed by atoms with Crippen LogP contribution in [0.1, 0.15) is 0 Å². The van der Waals surface area contributed by atoms with Gasteiger partial charge in [0.05, 0.1) is 0 Å². The van der Waals surface area contributed by atoms with Gasteiger partial charge in [0.25, 0.3) is 0 Å². The lowest BCUT2D eigenvalue weighted by atomic mass is 9.58. The van der Waals surface area contributed by atoms with Crippen molar-refractivity contribution in [2.75, 3.05) is 0 Å². The van der Waals surface area contributed by atoms with Crippen molar-refractivity contribution in [2.24, 2.45) is 0 Å². The lowest BCUT2D eigenvalue weighted by Crippen LogP contribution is -2.56. The highest BCUT2D eigenvalue weighted by Gasteiger charge is 2.25. The van der Waals surface area contributed by atoms with Crippen LogP contribution in [0.25, 0.3) is 87.7 Å². The van der Waals surface area contributed by atoms with Crippen LogP contribution in [0.4, 0.5) is 0 Å². The summed E-state index contributed by atoms with van der Waals surface area (Å²) in [6.45, 7) is 0. The van der Waals surface area contributed by atoms with Crippen LogP contribution in [0.2, 0.25) is 0 Å². The summed E-state index contributed by atoms with van der Waals surface area (Å²) >= 11 is 1.24. The largest absolute Gasteiger partial charge is 0.208 e. The molecule has 252 valence electrons. The molecule has 9 rings (SSSR count). The first-order chi connectivity index (χ1) is 28.8. The Bertz CT molecular complexity index is 3180. The fourth-order valence-corrected chi connectivity index (χ4v) is 9.00. The molecule has 3 nitrogen and oxygen atoms in total. The van der Waals surface area contributed by atoms with Gasteiger partial charge in [0, 0.05) is 26.1 Å². The van der Waals surface area contributed by atoms with Gasteiger partial charge in [0.2, 0.25) is 0 Å². The van der Waals surface area contributed by atoms with Crippen LogP contribution in [0, 0.1) is 0 Å². The summed E-state index contributed by atoms with van der Waals surface area (Å²) in [4.78, 5) is 14.8. The van der Waals surface area contributed by atoms with E-state index < -0.39 is 0 Å². The van der Waals surface area contributed by atoms with E-state index in [2.05, 4.69) is 36.4 Å². The fraction of sp³-hybridized carbons (Fsp3) is 0. The molecule has 2 heterocycles. The highest BCUT2D eigenvalue weighted by atomic mass is 32.1. The maximum atomic E-state index is 7.11. The quantitative estimate of drug-likeness (QED) is 0.205. The minimum Gasteiger partial charge on any atom is -0.208 e. The molecule has 0 N–H and O–H groups in total. The average molecular weight is 752 g/mol. The molecule has 0 unspecified atom stereocenters. The maximum absolute atomic E-state index is 7.11. The van der Waals surface area contributed by atoms with E-state index in [9.17, 15) is 0 Å². The Balaban J connectivity index is 1.24. The van der Waals surface area contributed by atoms with Gasteiger partial charge in [-0.15, -0.1) is 33.2 Å². The van der Waals surface area contributed by atoms with E-state index in [1.165, 1.54) is 11.3 Å². The smallest absolute Gasteiger partial charge is 0.164 e. The Morgan fingerprint density at radius 3 is 1.25 bits per heavy atom. The average Bonchev–Trinajstić information content (AvgIpc) is 3.69. The molecule has 0 saturated heterocycles. The first kappa shape index (κ1) is 39.9. The summed E-state index contributed by atoms with van der Waals surface area (Å²) in [6.07, 6.45) is 0. The molecule has 60 heavy (non-hydrogen) atoms. The standard InChI is InChI=1S/C45H18B11N3S/c46-30-25(31(47)39(55)40(56)38(30)54)26-33(49)37(53)34(50)27-28-32(48)35(51)29(36(52)42(28)60-41(26)27)45-58-43(21-10-5-2-6-11-21)57-44(59-45)22-16-14-20(15-17-22)24-13-7-12-23(18-24)19-8-3-1-4-9-19/h1-18H. The zero-order chi connectivity index (χ0) is 42.1. The highest BCUT2D eigenvalue weighted by Crippen LogP contribution is 2.37. The second-order valence-corrected chi connectivity index (χ2v) is 15.4. The van der Waals surface area contributed by atoms with Crippen molar-refractivity contribution < 1.29 is 0 Å². The zero-order valence-electron chi connectivity index (χ0n) is 32.0. The third-order valence-electron chi connectivity index (χ3n) is 10.9. The SMILES string of the molecule is [B]c1c([B])c([B])c(-c2c([B])c([B])c([B])c3c2sc2c([B])c(-c4nc(-c5ccccc5)nc(-c5ccc(-c6cccc(-c7ccccc7)c6)cc5)n4)c([B])c([B])c23)c([B])c1[B]. The summed E-state index contributed by atoms with van der Waals surface area (Å²) in [5.41, 5.74) is 7.86. The van der Waals surface area contributed by atoms with Gasteiger partial charge in [-0.1, -0.05) is 141 Å². The molecule has 7 aromatic carbocycles. The number of aromatic nitrogens is 3. The first-order valence-corrected chi connectivity index (χ1v) is 19.5. The molecule has 0 aliphatic rings. The summed E-state index contributed by atoms with van der Waals surface area (Å²) < 4.78 is 1.03.